The minimum Gasteiger partial charge on any atom is -0.348 e. The van der Waals surface area contributed by atoms with Gasteiger partial charge in [-0.15, -0.1) is 0 Å². The number of nitrogens with one attached hydrogen (secondary N) is 1. The number of benzene rings is 1. The maximum atomic E-state index is 13.2. The molecule has 0 radical (unpaired) electrons. The number of fused-ring (bicyclic) bond motifs is 3. The van der Waals surface area contributed by atoms with Crippen LogP contribution in [-0.4, -0.2) is 45.6 Å². The van der Waals surface area contributed by atoms with Crippen LogP contribution in [0.1, 0.15) is 58.9 Å². The first-order valence-corrected chi connectivity index (χ1v) is 7.21. The molecular weight excluding hydrogens is 288 g/mol. The molecule has 0 unspecified atom stereocenters. The van der Waals surface area contributed by atoms with Gasteiger partial charge in [-0.1, -0.05) is 24.6 Å². The molecule has 0 saturated carbocycles. The van der Waals surface area contributed by atoms with Gasteiger partial charge in [0.05, 0.1) is 6.89 Å². The minimum atomic E-state index is -3.49. The molecule has 2 aromatic rings. The van der Waals surface area contributed by atoms with Crippen LogP contribution in [0.5, 0.6) is 0 Å². The van der Waals surface area contributed by atoms with Crippen molar-refractivity contribution in [3.05, 3.63) is 30.0 Å². The third-order valence-corrected chi connectivity index (χ3v) is 3.98. The van der Waals surface area contributed by atoms with Crippen LogP contribution in [-0.2, 0) is 7.05 Å². The predicted octanol–water partition coefficient (Wildman–Crippen LogP) is 2.32. The van der Waals surface area contributed by atoms with Crippen LogP contribution in [0.15, 0.2) is 24.3 Å². The fourth-order valence-electron chi connectivity index (χ4n) is 2.85. The zero-order valence-electron chi connectivity index (χ0n) is 24.5. The number of nitrogens with zero attached hydrogens (tertiary/aromatic N) is 3. The zero-order valence-corrected chi connectivity index (χ0v) is 12.5. The summed E-state index contributed by atoms with van der Waals surface area (Å²) in [5, 5.41) is 6.89. The molecule has 4 rings (SSSR count). The number of aryl methyl sites for hydroxylation is 1. The lowest BCUT2D eigenvalue weighted by Crippen LogP contribution is -2.55. The highest BCUT2D eigenvalue weighted by molar-refractivity contribution is 6.04. The monoisotopic (exact) mass is 324 g/mol. The summed E-state index contributed by atoms with van der Waals surface area (Å²) in [6.07, 6.45) is -12.5. The van der Waals surface area contributed by atoms with Gasteiger partial charge in [0.2, 0.25) is 0 Å². The fourth-order valence-corrected chi connectivity index (χ4v) is 2.85. The van der Waals surface area contributed by atoms with Gasteiger partial charge in [-0.05, 0) is 38.6 Å². The van der Waals surface area contributed by atoms with Crippen molar-refractivity contribution in [2.24, 2.45) is 7.05 Å². The summed E-state index contributed by atoms with van der Waals surface area (Å²) in [5.74, 6) is -0.909. The smallest absolute Gasteiger partial charge is 0.272 e. The Balaban J connectivity index is 1.85. The highest BCUT2D eigenvalue weighted by atomic mass is 16.2. The van der Waals surface area contributed by atoms with E-state index in [0.717, 1.165) is 0 Å². The molecule has 0 aliphatic carbocycles. The van der Waals surface area contributed by atoms with Crippen LogP contribution in [0, 0.1) is 0 Å². The van der Waals surface area contributed by atoms with Crippen molar-refractivity contribution in [2.45, 2.75) is 50.0 Å². The largest absolute Gasteiger partial charge is 0.348 e. The lowest BCUT2D eigenvalue weighted by Gasteiger charge is -2.47. The Morgan fingerprint density at radius 2 is 2.13 bits per heavy atom. The van der Waals surface area contributed by atoms with E-state index in [1.165, 1.54) is 4.68 Å². The van der Waals surface area contributed by atoms with Crippen molar-refractivity contribution in [1.29, 1.82) is 0 Å². The molecule has 122 valence electrons. The first-order valence-electron chi connectivity index (χ1n) is 13.2. The molecule has 2 fully saturated rings. The average molecular weight is 324 g/mol. The molecule has 1 amide bonds. The van der Waals surface area contributed by atoms with Crippen molar-refractivity contribution >= 4 is 16.8 Å². The van der Waals surface area contributed by atoms with E-state index in [1.54, 1.807) is 31.3 Å². The SMILES string of the molecule is [2H]C1(NC(=O)c2nn(C)c3ccccc23)C[C@]2([2H])N(C([2H])([2H])[2H])[C@@]([2H])(C1)C([2H])([2H])C([2H])([2H])C2([2H])[2H]. The molecule has 2 saturated heterocycles. The van der Waals surface area contributed by atoms with Gasteiger partial charge < -0.3 is 10.2 Å². The first-order chi connectivity index (χ1) is 15.7. The summed E-state index contributed by atoms with van der Waals surface area (Å²) >= 11 is 0. The Hall–Kier alpha value is -1.88. The predicted molar refractivity (Wildman–Crippen MR) is 90.4 cm³/mol. The van der Waals surface area contributed by atoms with Crippen molar-refractivity contribution < 1.29 is 21.2 Å². The third-order valence-electron chi connectivity index (χ3n) is 3.98. The van der Waals surface area contributed by atoms with Crippen molar-refractivity contribution in [3.63, 3.8) is 0 Å². The molecule has 1 aromatic carbocycles. The van der Waals surface area contributed by atoms with E-state index in [4.69, 9.17) is 16.4 Å². The first kappa shape index (κ1) is 6.55. The molecule has 1 N–H and O–H groups in total. The van der Waals surface area contributed by atoms with E-state index < -0.39 is 62.9 Å². The molecular formula is C18H24N4O. The van der Waals surface area contributed by atoms with E-state index in [2.05, 4.69) is 10.4 Å². The van der Waals surface area contributed by atoms with Gasteiger partial charge in [0.15, 0.2) is 5.69 Å². The summed E-state index contributed by atoms with van der Waals surface area (Å²) in [7, 11) is 1.59. The van der Waals surface area contributed by atoms with Crippen LogP contribution in [0.25, 0.3) is 10.9 Å². The van der Waals surface area contributed by atoms with E-state index in [0.29, 0.717) is 10.9 Å². The highest BCUT2D eigenvalue weighted by Crippen LogP contribution is 2.32. The summed E-state index contributed by atoms with van der Waals surface area (Å²) in [6.45, 7) is -3.37. The van der Waals surface area contributed by atoms with E-state index in [9.17, 15) is 4.79 Å². The Morgan fingerprint density at radius 1 is 1.39 bits per heavy atom. The van der Waals surface area contributed by atoms with Crippen molar-refractivity contribution in [2.75, 3.05) is 6.98 Å². The maximum absolute atomic E-state index is 13.2. The molecule has 5 nitrogen and oxygen atoms in total. The number of carbonyl (C=O) groups excluding carboxylic acids is 1. The Labute approximate surface area is 153 Å². The molecule has 2 atom stereocenters. The van der Waals surface area contributed by atoms with Gasteiger partial charge in [-0.3, -0.25) is 9.48 Å². The van der Waals surface area contributed by atoms with Crippen LogP contribution in [0.2, 0.25) is 0 Å². The van der Waals surface area contributed by atoms with Gasteiger partial charge in [-0.2, -0.15) is 5.10 Å². The number of rotatable bonds is 2. The fraction of sp³-hybridized carbons (Fsp3) is 0.556. The van der Waals surface area contributed by atoms with Gasteiger partial charge in [0, 0.05) is 45.6 Å². The van der Waals surface area contributed by atoms with Crippen LogP contribution >= 0.6 is 0 Å². The normalized spacial score (nSPS) is 52.4. The van der Waals surface area contributed by atoms with E-state index in [-0.39, 0.29) is 10.6 Å². The maximum Gasteiger partial charge on any atom is 0.272 e. The second-order valence-electron chi connectivity index (χ2n) is 5.50. The summed E-state index contributed by atoms with van der Waals surface area (Å²) < 4.78 is 101. The highest BCUT2D eigenvalue weighted by Gasteiger charge is 2.36. The molecule has 1 aromatic heterocycles. The number of para-hydroxylation sites is 1. The van der Waals surface area contributed by atoms with Crippen LogP contribution < -0.4 is 5.32 Å². The molecule has 3 heterocycles. The van der Waals surface area contributed by atoms with Crippen molar-refractivity contribution in [3.8, 4) is 0 Å². The van der Waals surface area contributed by atoms with E-state index in [1.807, 2.05) is 0 Å². The second kappa shape index (κ2) is 5.64. The van der Waals surface area contributed by atoms with Crippen LogP contribution in [0.4, 0.5) is 0 Å². The van der Waals surface area contributed by atoms with Gasteiger partial charge in [0.25, 0.3) is 5.91 Å². The van der Waals surface area contributed by atoms with Crippen molar-refractivity contribution in [1.82, 2.24) is 20.0 Å². The standard InChI is InChI=1S/C18H24N4O/c1-21-13-6-5-7-14(21)11-12(10-13)19-18(23)17-15-8-3-4-9-16(15)22(2)20-17/h3-4,8-9,12-14H,5-7,10-11H2,1-2H3,(H,19,23)/t13-,14-/m1/s1/i1D3,5D2,6D2,7D2,12D,13D,14D. The molecule has 0 spiro atoms. The summed E-state index contributed by atoms with van der Waals surface area (Å²) in [6, 6.07) is -1.88. The van der Waals surface area contributed by atoms with Gasteiger partial charge in [0.1, 0.15) is 0 Å². The van der Waals surface area contributed by atoms with E-state index >= 15 is 0 Å². The number of hydrogen-bond donors (Lipinski definition) is 1. The lowest BCUT2D eigenvalue weighted by atomic mass is 9.82. The lowest BCUT2D eigenvalue weighted by molar-refractivity contribution is 0.0462. The number of hydrogen-bond acceptors (Lipinski definition) is 3. The Kier molecular flexibility index (Phi) is 1.61. The third kappa shape index (κ3) is 2.53. The summed E-state index contributed by atoms with van der Waals surface area (Å²) in [4.78, 5) is 13.2. The Morgan fingerprint density at radius 3 is 2.87 bits per heavy atom. The molecule has 23 heavy (non-hydrogen) atoms. The quantitative estimate of drug-likeness (QED) is 0.922. The summed E-state index contributed by atoms with van der Waals surface area (Å²) in [5.41, 5.74) is 0.498. The minimum absolute atomic E-state index is 0.0451. The number of aromatic nitrogens is 2. The number of piperidine rings is 2. The molecule has 2 bridgehead atoms. The number of carbonyl (C=O) groups is 1. The second-order valence-corrected chi connectivity index (χ2v) is 5.50. The molecule has 5 heteroatoms. The van der Waals surface area contributed by atoms with Crippen LogP contribution in [0.3, 0.4) is 0 Å². The number of amides is 1. The average Bonchev–Trinajstić information content (AvgIpc) is 3.01. The van der Waals surface area contributed by atoms with Gasteiger partial charge in [-0.25, -0.2) is 0 Å². The topological polar surface area (TPSA) is 50.2 Å². The molecule has 2 aliphatic heterocycles. The van der Waals surface area contributed by atoms with Gasteiger partial charge >= 0.3 is 0 Å². The molecule has 2 aliphatic rings. The zero-order chi connectivity index (χ0) is 26.6. The Bertz CT molecular complexity index is 1180.